The molecule has 0 aliphatic carbocycles. The van der Waals surface area contributed by atoms with Crippen LogP contribution in [0.15, 0.2) is 107 Å². The number of aromatic nitrogens is 1. The van der Waals surface area contributed by atoms with Gasteiger partial charge in [0.1, 0.15) is 4.90 Å². The van der Waals surface area contributed by atoms with Crippen molar-refractivity contribution in [2.45, 2.75) is 29.7 Å². The van der Waals surface area contributed by atoms with Crippen LogP contribution in [0.5, 0.6) is 0 Å². The molecule has 0 unspecified atom stereocenters. The first-order valence-corrected chi connectivity index (χ1v) is 15.4. The SMILES string of the molecule is Cc1cc(S(=O)(=O)N2CCN(C(c3ccccc3)c3ccccc3)CC2)c(C)n1S(=O)(=O)c1ccccc1. The van der Waals surface area contributed by atoms with E-state index in [4.69, 9.17) is 0 Å². The predicted molar refractivity (Wildman–Crippen MR) is 148 cm³/mol. The van der Waals surface area contributed by atoms with Crippen molar-refractivity contribution >= 4 is 20.0 Å². The number of hydrogen-bond acceptors (Lipinski definition) is 5. The van der Waals surface area contributed by atoms with Crippen molar-refractivity contribution in [3.63, 3.8) is 0 Å². The lowest BCUT2D eigenvalue weighted by molar-refractivity contribution is 0.156. The van der Waals surface area contributed by atoms with Gasteiger partial charge in [0.05, 0.1) is 16.6 Å². The molecule has 1 aliphatic heterocycles. The smallest absolute Gasteiger partial charge is 0.268 e. The molecule has 0 radical (unpaired) electrons. The van der Waals surface area contributed by atoms with Gasteiger partial charge >= 0.3 is 0 Å². The number of nitrogens with zero attached hydrogens (tertiary/aromatic N) is 3. The highest BCUT2D eigenvalue weighted by Crippen LogP contribution is 2.32. The first-order chi connectivity index (χ1) is 18.2. The molecule has 1 fully saturated rings. The molecule has 1 aliphatic rings. The molecule has 0 saturated carbocycles. The zero-order valence-electron chi connectivity index (χ0n) is 21.4. The average molecular weight is 550 g/mol. The molecule has 1 aromatic heterocycles. The minimum absolute atomic E-state index is 0.0170. The van der Waals surface area contributed by atoms with Gasteiger partial charge in [0, 0.05) is 31.9 Å². The van der Waals surface area contributed by atoms with Crippen molar-refractivity contribution in [2.24, 2.45) is 0 Å². The molecular weight excluding hydrogens is 518 g/mol. The van der Waals surface area contributed by atoms with Crippen LogP contribution in [0.25, 0.3) is 0 Å². The van der Waals surface area contributed by atoms with Crippen molar-refractivity contribution in [3.8, 4) is 0 Å². The third-order valence-corrected chi connectivity index (χ3v) is 11.0. The quantitative estimate of drug-likeness (QED) is 0.341. The molecule has 2 heterocycles. The highest BCUT2D eigenvalue weighted by Gasteiger charge is 2.35. The Bertz CT molecular complexity index is 1570. The van der Waals surface area contributed by atoms with Gasteiger partial charge in [-0.05, 0) is 43.2 Å². The van der Waals surface area contributed by atoms with Gasteiger partial charge in [0.15, 0.2) is 0 Å². The fourth-order valence-electron chi connectivity index (χ4n) is 5.27. The number of rotatable bonds is 7. The number of sulfonamides is 1. The van der Waals surface area contributed by atoms with E-state index in [1.54, 1.807) is 32.0 Å². The van der Waals surface area contributed by atoms with Crippen LogP contribution in [0, 0.1) is 13.8 Å². The maximum atomic E-state index is 13.8. The molecule has 0 bridgehead atoms. The van der Waals surface area contributed by atoms with E-state index in [1.165, 1.54) is 22.5 Å². The Hall–Kier alpha value is -3.24. The molecule has 3 aromatic carbocycles. The Morgan fingerprint density at radius 3 is 1.61 bits per heavy atom. The third-order valence-electron chi connectivity index (χ3n) is 7.09. The van der Waals surface area contributed by atoms with E-state index in [9.17, 15) is 16.8 Å². The number of benzene rings is 3. The van der Waals surface area contributed by atoms with Crippen LogP contribution in [-0.2, 0) is 20.0 Å². The predicted octanol–water partition coefficient (Wildman–Crippen LogP) is 4.44. The van der Waals surface area contributed by atoms with Crippen LogP contribution < -0.4 is 0 Å². The highest BCUT2D eigenvalue weighted by atomic mass is 32.2. The van der Waals surface area contributed by atoms with Gasteiger partial charge in [-0.25, -0.2) is 20.8 Å². The van der Waals surface area contributed by atoms with Gasteiger partial charge in [-0.2, -0.15) is 4.31 Å². The lowest BCUT2D eigenvalue weighted by atomic mass is 9.96. The molecule has 0 spiro atoms. The highest BCUT2D eigenvalue weighted by molar-refractivity contribution is 7.90. The van der Waals surface area contributed by atoms with Crippen LogP contribution in [0.2, 0.25) is 0 Å². The zero-order chi connectivity index (χ0) is 26.9. The molecule has 9 heteroatoms. The van der Waals surface area contributed by atoms with E-state index >= 15 is 0 Å². The summed E-state index contributed by atoms with van der Waals surface area (Å²) >= 11 is 0. The second-order valence-corrected chi connectivity index (χ2v) is 13.2. The van der Waals surface area contributed by atoms with Crippen LogP contribution in [0.1, 0.15) is 28.6 Å². The first kappa shape index (κ1) is 26.4. The normalized spacial score (nSPS) is 15.7. The molecule has 0 N–H and O–H groups in total. The maximum Gasteiger partial charge on any atom is 0.268 e. The van der Waals surface area contributed by atoms with E-state index in [1.807, 2.05) is 36.4 Å². The topological polar surface area (TPSA) is 79.7 Å². The molecule has 38 heavy (non-hydrogen) atoms. The Labute approximate surface area is 225 Å². The Morgan fingerprint density at radius 1 is 0.632 bits per heavy atom. The second kappa shape index (κ2) is 10.5. The summed E-state index contributed by atoms with van der Waals surface area (Å²) < 4.78 is 56.8. The lowest BCUT2D eigenvalue weighted by Crippen LogP contribution is -2.49. The third kappa shape index (κ3) is 4.82. The summed E-state index contributed by atoms with van der Waals surface area (Å²) in [4.78, 5) is 2.46. The standard InChI is InChI=1S/C29H31N3O4S2/c1-23-22-28(24(2)32(23)37(33,34)27-16-10-5-11-17-27)38(35,36)31-20-18-30(19-21-31)29(25-12-6-3-7-13-25)26-14-8-4-9-15-26/h3-17,22,29H,18-21H2,1-2H3. The number of hydrogen-bond donors (Lipinski definition) is 0. The number of piperazine rings is 1. The molecule has 7 nitrogen and oxygen atoms in total. The molecule has 198 valence electrons. The largest absolute Gasteiger partial charge is 0.290 e. The fraction of sp³-hybridized carbons (Fsp3) is 0.241. The van der Waals surface area contributed by atoms with Crippen LogP contribution in [0.3, 0.4) is 0 Å². The van der Waals surface area contributed by atoms with Crippen molar-refractivity contribution < 1.29 is 16.8 Å². The van der Waals surface area contributed by atoms with Gasteiger partial charge in [0.2, 0.25) is 10.0 Å². The van der Waals surface area contributed by atoms with Gasteiger partial charge in [-0.3, -0.25) is 4.90 Å². The number of aryl methyl sites for hydroxylation is 1. The van der Waals surface area contributed by atoms with Gasteiger partial charge in [-0.15, -0.1) is 0 Å². The summed E-state index contributed by atoms with van der Waals surface area (Å²) in [6, 6.07) is 30.0. The van der Waals surface area contributed by atoms with E-state index in [0.29, 0.717) is 31.9 Å². The van der Waals surface area contributed by atoms with Crippen molar-refractivity contribution in [1.82, 2.24) is 13.2 Å². The average Bonchev–Trinajstić information content (AvgIpc) is 3.26. The zero-order valence-corrected chi connectivity index (χ0v) is 23.1. The molecule has 0 atom stereocenters. The lowest BCUT2D eigenvalue weighted by Gasteiger charge is -2.39. The fourth-order valence-corrected chi connectivity index (χ4v) is 8.64. The van der Waals surface area contributed by atoms with Crippen molar-refractivity contribution in [3.05, 3.63) is 120 Å². The maximum absolute atomic E-state index is 13.8. The summed E-state index contributed by atoms with van der Waals surface area (Å²) in [6.07, 6.45) is 0. The molecule has 4 aromatic rings. The molecule has 0 amide bonds. The van der Waals surface area contributed by atoms with E-state index in [-0.39, 0.29) is 21.5 Å². The Balaban J connectivity index is 1.41. The summed E-state index contributed by atoms with van der Waals surface area (Å²) in [5.41, 5.74) is 2.87. The van der Waals surface area contributed by atoms with E-state index in [2.05, 4.69) is 29.2 Å². The van der Waals surface area contributed by atoms with Crippen LogP contribution in [0.4, 0.5) is 0 Å². The van der Waals surface area contributed by atoms with Crippen molar-refractivity contribution in [2.75, 3.05) is 26.2 Å². The first-order valence-electron chi connectivity index (χ1n) is 12.5. The summed E-state index contributed by atoms with van der Waals surface area (Å²) in [5, 5.41) is 0. The molecule has 1 saturated heterocycles. The summed E-state index contributed by atoms with van der Waals surface area (Å²) in [7, 11) is -7.82. The Kier molecular flexibility index (Phi) is 7.28. The second-order valence-electron chi connectivity index (χ2n) is 9.48. The Morgan fingerprint density at radius 2 is 1.11 bits per heavy atom. The summed E-state index contributed by atoms with van der Waals surface area (Å²) in [6.45, 7) is 4.90. The monoisotopic (exact) mass is 549 g/mol. The van der Waals surface area contributed by atoms with Crippen LogP contribution in [-0.4, -0.2) is 56.2 Å². The minimum Gasteiger partial charge on any atom is -0.290 e. The van der Waals surface area contributed by atoms with Crippen molar-refractivity contribution in [1.29, 1.82) is 0 Å². The van der Waals surface area contributed by atoms with Gasteiger partial charge in [0.25, 0.3) is 10.0 Å². The van der Waals surface area contributed by atoms with E-state index < -0.39 is 20.0 Å². The van der Waals surface area contributed by atoms with Gasteiger partial charge in [-0.1, -0.05) is 78.9 Å². The molecular formula is C29H31N3O4S2. The van der Waals surface area contributed by atoms with E-state index in [0.717, 1.165) is 15.1 Å². The van der Waals surface area contributed by atoms with Crippen LogP contribution >= 0.6 is 0 Å². The summed E-state index contributed by atoms with van der Waals surface area (Å²) in [5.74, 6) is 0. The van der Waals surface area contributed by atoms with Gasteiger partial charge < -0.3 is 0 Å². The molecule has 5 rings (SSSR count). The minimum atomic E-state index is -3.93.